The van der Waals surface area contributed by atoms with Gasteiger partial charge >= 0.3 is 0 Å². The second-order valence-corrected chi connectivity index (χ2v) is 5.18. The summed E-state index contributed by atoms with van der Waals surface area (Å²) in [6.07, 6.45) is 0. The molecule has 4 nitrogen and oxygen atoms in total. The van der Waals surface area contributed by atoms with Gasteiger partial charge < -0.3 is 10.1 Å². The van der Waals surface area contributed by atoms with Gasteiger partial charge in [-0.05, 0) is 17.7 Å². The quantitative estimate of drug-likeness (QED) is 0.850. The monoisotopic (exact) mass is 291 g/mol. The number of nitrogens with zero attached hydrogens (tertiary/aromatic N) is 2. The maximum Gasteiger partial charge on any atom is 0.135 e. The van der Waals surface area contributed by atoms with E-state index in [1.807, 2.05) is 38.1 Å². The van der Waals surface area contributed by atoms with E-state index in [9.17, 15) is 0 Å². The smallest absolute Gasteiger partial charge is 0.135 e. The molecule has 0 radical (unpaired) electrons. The minimum atomic E-state index is 0.246. The Hall–Kier alpha value is -1.81. The molecule has 0 spiro atoms. The second kappa shape index (κ2) is 6.57. The summed E-state index contributed by atoms with van der Waals surface area (Å²) in [6.45, 7) is 4.76. The third-order valence-corrected chi connectivity index (χ3v) is 3.05. The van der Waals surface area contributed by atoms with Crippen LogP contribution in [-0.4, -0.2) is 17.1 Å². The van der Waals surface area contributed by atoms with E-state index in [2.05, 4.69) is 15.3 Å². The van der Waals surface area contributed by atoms with Gasteiger partial charge in [0.05, 0.1) is 7.11 Å². The van der Waals surface area contributed by atoms with Gasteiger partial charge in [0, 0.05) is 18.5 Å². The molecule has 0 aliphatic carbocycles. The van der Waals surface area contributed by atoms with Gasteiger partial charge in [-0.25, -0.2) is 9.97 Å². The molecule has 0 fully saturated rings. The molecule has 0 bridgehead atoms. The fourth-order valence-electron chi connectivity index (χ4n) is 1.72. The molecular weight excluding hydrogens is 274 g/mol. The van der Waals surface area contributed by atoms with Crippen LogP contribution in [0.4, 0.5) is 5.82 Å². The molecule has 5 heteroatoms. The molecule has 2 aromatic rings. The first-order chi connectivity index (χ1) is 9.58. The maximum atomic E-state index is 6.01. The number of halogens is 1. The van der Waals surface area contributed by atoms with Crippen molar-refractivity contribution in [2.24, 2.45) is 0 Å². The number of aromatic nitrogens is 2. The Morgan fingerprint density at radius 1 is 1.20 bits per heavy atom. The van der Waals surface area contributed by atoms with E-state index in [-0.39, 0.29) is 5.92 Å². The van der Waals surface area contributed by atoms with E-state index in [0.29, 0.717) is 11.7 Å². The zero-order valence-electron chi connectivity index (χ0n) is 11.9. The number of nitrogens with one attached hydrogen (secondary N) is 1. The average Bonchev–Trinajstić information content (AvgIpc) is 2.45. The second-order valence-electron chi connectivity index (χ2n) is 4.79. The molecule has 1 aromatic heterocycles. The Kier molecular flexibility index (Phi) is 4.79. The van der Waals surface area contributed by atoms with Crippen LogP contribution in [0.15, 0.2) is 30.3 Å². The number of methoxy groups -OCH3 is 1. The molecule has 0 atom stereocenters. The zero-order valence-corrected chi connectivity index (χ0v) is 12.6. The lowest BCUT2D eigenvalue weighted by Crippen LogP contribution is -2.05. The Labute approximate surface area is 124 Å². The first kappa shape index (κ1) is 14.6. The number of benzene rings is 1. The molecule has 106 valence electrons. The van der Waals surface area contributed by atoms with Gasteiger partial charge in [-0.15, -0.1) is 0 Å². The van der Waals surface area contributed by atoms with Gasteiger partial charge in [-0.2, -0.15) is 0 Å². The first-order valence-corrected chi connectivity index (χ1v) is 6.87. The Morgan fingerprint density at radius 2 is 1.90 bits per heavy atom. The van der Waals surface area contributed by atoms with E-state index >= 15 is 0 Å². The van der Waals surface area contributed by atoms with Crippen molar-refractivity contribution in [3.8, 4) is 5.75 Å². The van der Waals surface area contributed by atoms with E-state index in [1.165, 1.54) is 0 Å². The lowest BCUT2D eigenvalue weighted by Gasteiger charge is -2.10. The van der Waals surface area contributed by atoms with Gasteiger partial charge in [0.2, 0.25) is 0 Å². The fourth-order valence-corrected chi connectivity index (χ4v) is 1.91. The van der Waals surface area contributed by atoms with Crippen LogP contribution in [0.25, 0.3) is 0 Å². The van der Waals surface area contributed by atoms with E-state index < -0.39 is 0 Å². The highest BCUT2D eigenvalue weighted by molar-refractivity contribution is 6.29. The zero-order chi connectivity index (χ0) is 14.5. The number of anilines is 1. The van der Waals surface area contributed by atoms with Crippen molar-refractivity contribution in [2.75, 3.05) is 12.4 Å². The molecular formula is C15H18ClN3O. The highest BCUT2D eigenvalue weighted by Gasteiger charge is 2.06. The van der Waals surface area contributed by atoms with Crippen LogP contribution in [0.2, 0.25) is 5.15 Å². The summed E-state index contributed by atoms with van der Waals surface area (Å²) in [6, 6.07) is 9.62. The molecule has 0 saturated heterocycles. The minimum absolute atomic E-state index is 0.246. The first-order valence-electron chi connectivity index (χ1n) is 6.49. The van der Waals surface area contributed by atoms with Crippen molar-refractivity contribution in [3.63, 3.8) is 0 Å². The highest BCUT2D eigenvalue weighted by Crippen LogP contribution is 2.18. The fraction of sp³-hybridized carbons (Fsp3) is 0.333. The van der Waals surface area contributed by atoms with Gasteiger partial charge in [0.15, 0.2) is 0 Å². The van der Waals surface area contributed by atoms with Crippen molar-refractivity contribution < 1.29 is 4.74 Å². The SMILES string of the molecule is COc1ccc(CNc2cc(Cl)nc(C(C)C)n2)cc1. The lowest BCUT2D eigenvalue weighted by atomic mass is 10.2. The van der Waals surface area contributed by atoms with Crippen LogP contribution in [0.1, 0.15) is 31.2 Å². The van der Waals surface area contributed by atoms with Crippen LogP contribution in [0.5, 0.6) is 5.75 Å². The molecule has 0 aliphatic heterocycles. The van der Waals surface area contributed by atoms with Gasteiger partial charge in [0.1, 0.15) is 22.5 Å². The van der Waals surface area contributed by atoms with E-state index in [1.54, 1.807) is 13.2 Å². The molecule has 0 unspecified atom stereocenters. The van der Waals surface area contributed by atoms with Crippen molar-refractivity contribution in [2.45, 2.75) is 26.3 Å². The van der Waals surface area contributed by atoms with Crippen LogP contribution in [0.3, 0.4) is 0 Å². The molecule has 1 N–H and O–H groups in total. The highest BCUT2D eigenvalue weighted by atomic mass is 35.5. The van der Waals surface area contributed by atoms with E-state index in [0.717, 1.165) is 23.0 Å². The standard InChI is InChI=1S/C15H18ClN3O/c1-10(2)15-18-13(16)8-14(19-15)17-9-11-4-6-12(20-3)7-5-11/h4-8,10H,9H2,1-3H3,(H,17,18,19). The normalized spacial score (nSPS) is 10.7. The van der Waals surface area contributed by atoms with Crippen LogP contribution in [0, 0.1) is 0 Å². The predicted molar refractivity (Wildman–Crippen MR) is 81.5 cm³/mol. The lowest BCUT2D eigenvalue weighted by molar-refractivity contribution is 0.414. The maximum absolute atomic E-state index is 6.01. The average molecular weight is 292 g/mol. The summed E-state index contributed by atoms with van der Waals surface area (Å²) in [5, 5.41) is 3.72. The number of hydrogen-bond donors (Lipinski definition) is 1. The molecule has 2 rings (SSSR count). The summed E-state index contributed by atoms with van der Waals surface area (Å²) in [5.41, 5.74) is 1.15. The largest absolute Gasteiger partial charge is 0.497 e. The number of hydrogen-bond acceptors (Lipinski definition) is 4. The molecule has 20 heavy (non-hydrogen) atoms. The van der Waals surface area contributed by atoms with Crippen LogP contribution < -0.4 is 10.1 Å². The molecule has 0 aliphatic rings. The summed E-state index contributed by atoms with van der Waals surface area (Å²) < 4.78 is 5.13. The van der Waals surface area contributed by atoms with Gasteiger partial charge in [-0.3, -0.25) is 0 Å². The van der Waals surface area contributed by atoms with Gasteiger partial charge in [-0.1, -0.05) is 37.6 Å². The molecule has 1 heterocycles. The Bertz CT molecular complexity index is 570. The summed E-state index contributed by atoms with van der Waals surface area (Å²) >= 11 is 6.01. The topological polar surface area (TPSA) is 47.0 Å². The Balaban J connectivity index is 2.06. The van der Waals surface area contributed by atoms with Crippen molar-refractivity contribution in [1.29, 1.82) is 0 Å². The van der Waals surface area contributed by atoms with Crippen molar-refractivity contribution >= 4 is 17.4 Å². The Morgan fingerprint density at radius 3 is 2.50 bits per heavy atom. The summed E-state index contributed by atoms with van der Waals surface area (Å²) in [7, 11) is 1.66. The minimum Gasteiger partial charge on any atom is -0.497 e. The third-order valence-electron chi connectivity index (χ3n) is 2.86. The molecule has 0 amide bonds. The number of rotatable bonds is 5. The summed E-state index contributed by atoms with van der Waals surface area (Å²) in [4.78, 5) is 8.66. The van der Waals surface area contributed by atoms with Crippen molar-refractivity contribution in [1.82, 2.24) is 9.97 Å². The van der Waals surface area contributed by atoms with E-state index in [4.69, 9.17) is 16.3 Å². The predicted octanol–water partition coefficient (Wildman–Crippen LogP) is 3.87. The van der Waals surface area contributed by atoms with Crippen molar-refractivity contribution in [3.05, 3.63) is 46.9 Å². The van der Waals surface area contributed by atoms with Crippen LogP contribution in [-0.2, 0) is 6.54 Å². The third kappa shape index (κ3) is 3.84. The molecule has 0 saturated carbocycles. The summed E-state index contributed by atoms with van der Waals surface area (Å²) in [5.74, 6) is 2.58. The number of ether oxygens (including phenoxy) is 1. The van der Waals surface area contributed by atoms with Gasteiger partial charge in [0.25, 0.3) is 0 Å². The van der Waals surface area contributed by atoms with Crippen LogP contribution >= 0.6 is 11.6 Å². The molecule has 1 aromatic carbocycles.